The maximum atomic E-state index is 4.53. The first-order valence-electron chi connectivity index (χ1n) is 6.66. The van der Waals surface area contributed by atoms with Crippen LogP contribution in [0.15, 0.2) is 47.5 Å². The Hall–Kier alpha value is -2.29. The molecule has 0 spiro atoms. The fourth-order valence-corrected chi connectivity index (χ4v) is 3.06. The van der Waals surface area contributed by atoms with E-state index in [9.17, 15) is 0 Å². The number of anilines is 1. The van der Waals surface area contributed by atoms with Gasteiger partial charge in [0.2, 0.25) is 0 Å². The Balaban J connectivity index is 1.74. The van der Waals surface area contributed by atoms with Crippen molar-refractivity contribution in [2.24, 2.45) is 0 Å². The van der Waals surface area contributed by atoms with E-state index in [1.807, 2.05) is 49.5 Å². The third kappa shape index (κ3) is 3.48. The molecule has 0 aliphatic carbocycles. The molecule has 1 aromatic carbocycles. The lowest BCUT2D eigenvalue weighted by molar-refractivity contribution is 1.28. The van der Waals surface area contributed by atoms with Crippen molar-refractivity contribution < 1.29 is 0 Å². The summed E-state index contributed by atoms with van der Waals surface area (Å²) in [6.07, 6.45) is 5.48. The molecule has 108 valence electrons. The van der Waals surface area contributed by atoms with Crippen LogP contribution in [0.5, 0.6) is 0 Å². The Labute approximate surface area is 138 Å². The number of nitrogens with zero attached hydrogens (tertiary/aromatic N) is 2. The molecule has 0 saturated carbocycles. The normalized spacial score (nSPS) is 10.6. The molecule has 22 heavy (non-hydrogen) atoms. The van der Waals surface area contributed by atoms with Crippen molar-refractivity contribution >= 4 is 46.1 Å². The summed E-state index contributed by atoms with van der Waals surface area (Å²) in [5.41, 5.74) is 1.87. The molecule has 1 N–H and O–H groups in total. The molecule has 3 nitrogen and oxygen atoms in total. The van der Waals surface area contributed by atoms with Crippen LogP contribution in [0.4, 0.5) is 5.82 Å². The Bertz CT molecular complexity index is 884. The standard InChI is InChI=1S/C17H13N3S2/c1-18-16-9-6-12(11-19-16)4-2-3-5-17-20-14-8-7-13(21)10-15(14)22-17/h3,5-11,21H,1H3,(H,18,19)/b5-3+. The minimum atomic E-state index is 0.833. The second kappa shape index (κ2) is 6.65. The minimum absolute atomic E-state index is 0.833. The molecule has 5 heteroatoms. The quantitative estimate of drug-likeness (QED) is 0.551. The van der Waals surface area contributed by atoms with Crippen LogP contribution in [0.1, 0.15) is 10.6 Å². The summed E-state index contributed by atoms with van der Waals surface area (Å²) in [4.78, 5) is 9.69. The third-order valence-corrected chi connectivity index (χ3v) is 4.20. The van der Waals surface area contributed by atoms with Gasteiger partial charge in [-0.1, -0.05) is 11.8 Å². The molecule has 0 radical (unpaired) electrons. The molecule has 3 aromatic rings. The van der Waals surface area contributed by atoms with Crippen molar-refractivity contribution in [2.45, 2.75) is 4.90 Å². The van der Waals surface area contributed by atoms with Crippen LogP contribution in [0, 0.1) is 11.8 Å². The van der Waals surface area contributed by atoms with E-state index in [1.54, 1.807) is 17.5 Å². The van der Waals surface area contributed by atoms with Crippen LogP contribution >= 0.6 is 24.0 Å². The summed E-state index contributed by atoms with van der Waals surface area (Å²) in [5, 5.41) is 3.91. The van der Waals surface area contributed by atoms with Crippen molar-refractivity contribution in [3.8, 4) is 11.8 Å². The Morgan fingerprint density at radius 1 is 1.27 bits per heavy atom. The Morgan fingerprint density at radius 3 is 2.95 bits per heavy atom. The van der Waals surface area contributed by atoms with Gasteiger partial charge in [0, 0.05) is 23.7 Å². The van der Waals surface area contributed by atoms with E-state index < -0.39 is 0 Å². The van der Waals surface area contributed by atoms with E-state index in [4.69, 9.17) is 0 Å². The number of aromatic nitrogens is 2. The number of rotatable bonds is 2. The topological polar surface area (TPSA) is 37.8 Å². The lowest BCUT2D eigenvalue weighted by Crippen LogP contribution is -1.90. The van der Waals surface area contributed by atoms with Crippen molar-refractivity contribution in [1.29, 1.82) is 0 Å². The maximum Gasteiger partial charge on any atom is 0.125 e. The van der Waals surface area contributed by atoms with Gasteiger partial charge in [-0.15, -0.1) is 24.0 Å². The van der Waals surface area contributed by atoms with Crippen LogP contribution in [-0.2, 0) is 0 Å². The lowest BCUT2D eigenvalue weighted by Gasteiger charge is -1.96. The molecule has 0 bridgehead atoms. The van der Waals surface area contributed by atoms with Gasteiger partial charge < -0.3 is 5.32 Å². The lowest BCUT2D eigenvalue weighted by atomic mass is 10.3. The van der Waals surface area contributed by atoms with E-state index >= 15 is 0 Å². The fraction of sp³-hybridized carbons (Fsp3) is 0.0588. The zero-order valence-corrected chi connectivity index (χ0v) is 13.6. The first-order chi connectivity index (χ1) is 10.7. The Morgan fingerprint density at radius 2 is 2.18 bits per heavy atom. The highest BCUT2D eigenvalue weighted by atomic mass is 32.1. The van der Waals surface area contributed by atoms with Gasteiger partial charge in [-0.2, -0.15) is 0 Å². The highest BCUT2D eigenvalue weighted by Gasteiger charge is 2.00. The highest BCUT2D eigenvalue weighted by molar-refractivity contribution is 7.80. The molecule has 0 saturated heterocycles. The summed E-state index contributed by atoms with van der Waals surface area (Å²) < 4.78 is 1.13. The number of allylic oxidation sites excluding steroid dienone is 1. The number of nitrogens with one attached hydrogen (secondary N) is 1. The predicted octanol–water partition coefficient (Wildman–Crippen LogP) is 4.09. The molecular formula is C17H13N3S2. The van der Waals surface area contributed by atoms with Gasteiger partial charge in [0.15, 0.2) is 0 Å². The largest absolute Gasteiger partial charge is 0.373 e. The number of fused-ring (bicyclic) bond motifs is 1. The van der Waals surface area contributed by atoms with E-state index in [1.165, 1.54) is 0 Å². The zero-order chi connectivity index (χ0) is 15.4. The highest BCUT2D eigenvalue weighted by Crippen LogP contribution is 2.25. The number of hydrogen-bond acceptors (Lipinski definition) is 5. The van der Waals surface area contributed by atoms with Crippen LogP contribution < -0.4 is 5.32 Å². The SMILES string of the molecule is CNc1ccc(C#C/C=C/c2nc3ccc(S)cc3s2)cn1. The van der Waals surface area contributed by atoms with Crippen molar-refractivity contribution in [2.75, 3.05) is 12.4 Å². The predicted molar refractivity (Wildman–Crippen MR) is 96.6 cm³/mol. The van der Waals surface area contributed by atoms with Crippen molar-refractivity contribution in [1.82, 2.24) is 9.97 Å². The summed E-state index contributed by atoms with van der Waals surface area (Å²) in [6.45, 7) is 0. The first-order valence-corrected chi connectivity index (χ1v) is 7.92. The van der Waals surface area contributed by atoms with Crippen LogP contribution in [0.3, 0.4) is 0 Å². The molecule has 0 aliphatic rings. The fourth-order valence-electron chi connectivity index (χ4n) is 1.86. The van der Waals surface area contributed by atoms with E-state index in [2.05, 4.69) is 39.8 Å². The van der Waals surface area contributed by atoms with E-state index in [0.717, 1.165) is 31.5 Å². The van der Waals surface area contributed by atoms with Gasteiger partial charge in [-0.3, -0.25) is 0 Å². The van der Waals surface area contributed by atoms with Crippen LogP contribution in [0.25, 0.3) is 16.3 Å². The second-order valence-electron chi connectivity index (χ2n) is 4.49. The minimum Gasteiger partial charge on any atom is -0.373 e. The summed E-state index contributed by atoms with van der Waals surface area (Å²) in [5.74, 6) is 6.88. The van der Waals surface area contributed by atoms with Gasteiger partial charge in [-0.05, 0) is 42.5 Å². The summed E-state index contributed by atoms with van der Waals surface area (Å²) in [6, 6.07) is 9.78. The van der Waals surface area contributed by atoms with E-state index in [0.29, 0.717) is 0 Å². The average Bonchev–Trinajstić information content (AvgIpc) is 2.94. The molecule has 0 amide bonds. The van der Waals surface area contributed by atoms with E-state index in [-0.39, 0.29) is 0 Å². The molecule has 0 fully saturated rings. The van der Waals surface area contributed by atoms with Crippen LogP contribution in [-0.4, -0.2) is 17.0 Å². The zero-order valence-electron chi connectivity index (χ0n) is 11.9. The third-order valence-electron chi connectivity index (χ3n) is 2.93. The second-order valence-corrected chi connectivity index (χ2v) is 6.07. The van der Waals surface area contributed by atoms with Gasteiger partial charge in [-0.25, -0.2) is 9.97 Å². The number of benzene rings is 1. The Kier molecular flexibility index (Phi) is 4.42. The number of thiol groups is 1. The summed E-state index contributed by atoms with van der Waals surface area (Å²) >= 11 is 5.97. The molecule has 0 atom stereocenters. The number of pyridine rings is 1. The van der Waals surface area contributed by atoms with Crippen molar-refractivity contribution in [3.05, 3.63) is 53.2 Å². The van der Waals surface area contributed by atoms with Crippen molar-refractivity contribution in [3.63, 3.8) is 0 Å². The number of thiazole rings is 1. The molecule has 2 heterocycles. The van der Waals surface area contributed by atoms with Gasteiger partial charge in [0.05, 0.1) is 10.2 Å². The summed E-state index contributed by atoms with van der Waals surface area (Å²) in [7, 11) is 1.84. The monoisotopic (exact) mass is 323 g/mol. The first kappa shape index (κ1) is 14.6. The molecule has 2 aromatic heterocycles. The molecular weight excluding hydrogens is 310 g/mol. The molecule has 0 aliphatic heterocycles. The maximum absolute atomic E-state index is 4.53. The van der Waals surface area contributed by atoms with Gasteiger partial charge >= 0.3 is 0 Å². The average molecular weight is 323 g/mol. The van der Waals surface area contributed by atoms with Crippen LogP contribution in [0.2, 0.25) is 0 Å². The smallest absolute Gasteiger partial charge is 0.125 e. The molecule has 3 rings (SSSR count). The molecule has 0 unspecified atom stereocenters. The van der Waals surface area contributed by atoms with Gasteiger partial charge in [0.1, 0.15) is 10.8 Å². The number of hydrogen-bond donors (Lipinski definition) is 2. The van der Waals surface area contributed by atoms with Gasteiger partial charge in [0.25, 0.3) is 0 Å².